The van der Waals surface area contributed by atoms with Crippen molar-refractivity contribution in [2.75, 3.05) is 5.32 Å². The zero-order valence-corrected chi connectivity index (χ0v) is 20.1. The molecule has 0 unspecified atom stereocenters. The van der Waals surface area contributed by atoms with E-state index in [9.17, 15) is 4.79 Å². The predicted octanol–water partition coefficient (Wildman–Crippen LogP) is 4.59. The van der Waals surface area contributed by atoms with Crippen molar-refractivity contribution < 1.29 is 18.0 Å². The molecule has 5 nitrogen and oxygen atoms in total. The molecular weight excluding hydrogens is 435 g/mol. The summed E-state index contributed by atoms with van der Waals surface area (Å²) in [6.07, 6.45) is -0.623. The van der Waals surface area contributed by atoms with Gasteiger partial charge in [0, 0.05) is 11.1 Å². The Balaban J connectivity index is 1.78. The molecule has 2 aromatic carbocycles. The summed E-state index contributed by atoms with van der Waals surface area (Å²) >= 11 is 1.51. The molecule has 1 amide bonds. The number of thiazole rings is 1. The standard InChI is InChI=1S/C21H23FN2O3SSi2/c1-21(2,20(26-29-3)27-30-4)15-7-5-6-13(19(15)22)10-18(25)24-14-8-9-16-17(11-14)28-12-23-16/h5-9,11-12,20H,10H2,1-4H3,(H,24,25). The van der Waals surface area contributed by atoms with Crippen molar-refractivity contribution in [2.45, 2.75) is 45.1 Å². The van der Waals surface area contributed by atoms with Crippen molar-refractivity contribution in [3.8, 4) is 0 Å². The van der Waals surface area contributed by atoms with Crippen LogP contribution in [-0.4, -0.2) is 36.7 Å². The van der Waals surface area contributed by atoms with Crippen molar-refractivity contribution in [3.05, 3.63) is 58.9 Å². The van der Waals surface area contributed by atoms with Gasteiger partial charge in [0.25, 0.3) is 0 Å². The Kier molecular flexibility index (Phi) is 7.53. The molecule has 156 valence electrons. The molecule has 1 N–H and O–H groups in total. The fourth-order valence-corrected chi connectivity index (χ4v) is 5.11. The topological polar surface area (TPSA) is 60.5 Å². The number of fused-ring (bicyclic) bond motifs is 1. The molecule has 30 heavy (non-hydrogen) atoms. The van der Waals surface area contributed by atoms with Gasteiger partial charge in [0.2, 0.25) is 25.4 Å². The Morgan fingerprint density at radius 3 is 2.67 bits per heavy atom. The third-order valence-corrected chi connectivity index (χ3v) is 6.47. The maximum absolute atomic E-state index is 15.4. The van der Waals surface area contributed by atoms with Gasteiger partial charge in [-0.15, -0.1) is 11.3 Å². The van der Waals surface area contributed by atoms with Crippen LogP contribution in [0.2, 0.25) is 13.1 Å². The number of carbonyl (C=O) groups excluding carboxylic acids is 1. The van der Waals surface area contributed by atoms with E-state index >= 15 is 4.39 Å². The number of aromatic nitrogens is 1. The maximum Gasteiger partial charge on any atom is 0.229 e. The van der Waals surface area contributed by atoms with E-state index in [1.54, 1.807) is 29.8 Å². The molecule has 9 heteroatoms. The Morgan fingerprint density at radius 2 is 1.97 bits per heavy atom. The van der Waals surface area contributed by atoms with Crippen LogP contribution >= 0.6 is 11.3 Å². The minimum Gasteiger partial charge on any atom is -0.393 e. The van der Waals surface area contributed by atoms with Crippen LogP contribution in [0.4, 0.5) is 10.1 Å². The average Bonchev–Trinajstić information content (AvgIpc) is 3.17. The van der Waals surface area contributed by atoms with Gasteiger partial charge in [0.15, 0.2) is 0 Å². The number of halogens is 1. The van der Waals surface area contributed by atoms with Gasteiger partial charge in [-0.25, -0.2) is 9.37 Å². The zero-order valence-electron chi connectivity index (χ0n) is 17.3. The second-order valence-corrected chi connectivity index (χ2v) is 9.41. The fraction of sp³-hybridized carbons (Fsp3) is 0.333. The van der Waals surface area contributed by atoms with Gasteiger partial charge in [0.1, 0.15) is 12.1 Å². The molecule has 0 atom stereocenters. The summed E-state index contributed by atoms with van der Waals surface area (Å²) in [6, 6.07) is 10.7. The van der Waals surface area contributed by atoms with Crippen LogP contribution in [0.3, 0.4) is 0 Å². The number of hydrogen-bond donors (Lipinski definition) is 1. The van der Waals surface area contributed by atoms with Gasteiger partial charge in [-0.2, -0.15) is 0 Å². The summed E-state index contributed by atoms with van der Waals surface area (Å²) in [5, 5.41) is 2.85. The summed E-state index contributed by atoms with van der Waals surface area (Å²) in [6.45, 7) is 7.60. The van der Waals surface area contributed by atoms with E-state index in [0.29, 0.717) is 16.8 Å². The fourth-order valence-electron chi connectivity index (χ4n) is 3.18. The minimum atomic E-state index is -0.709. The Bertz CT molecular complexity index is 1020. The number of nitrogens with zero attached hydrogens (tertiary/aromatic N) is 1. The van der Waals surface area contributed by atoms with E-state index in [2.05, 4.69) is 10.3 Å². The molecule has 1 aromatic heterocycles. The molecule has 0 saturated carbocycles. The number of rotatable bonds is 9. The first-order valence-corrected chi connectivity index (χ1v) is 13.1. The second-order valence-electron chi connectivity index (χ2n) is 7.24. The number of anilines is 1. The van der Waals surface area contributed by atoms with E-state index in [1.165, 1.54) is 11.3 Å². The number of hydrogen-bond acceptors (Lipinski definition) is 5. The van der Waals surface area contributed by atoms with Gasteiger partial charge in [0.05, 0.1) is 22.1 Å². The highest BCUT2D eigenvalue weighted by Gasteiger charge is 2.35. The van der Waals surface area contributed by atoms with E-state index in [1.807, 2.05) is 39.1 Å². The van der Waals surface area contributed by atoms with Crippen molar-refractivity contribution in [1.82, 2.24) is 4.98 Å². The lowest BCUT2D eigenvalue weighted by Crippen LogP contribution is -2.40. The average molecular weight is 459 g/mol. The Morgan fingerprint density at radius 1 is 1.23 bits per heavy atom. The van der Waals surface area contributed by atoms with Gasteiger partial charge in [-0.05, 0) is 42.4 Å². The molecule has 0 spiro atoms. The maximum atomic E-state index is 15.4. The zero-order chi connectivity index (χ0) is 21.7. The number of benzene rings is 2. The molecule has 3 aromatic rings. The lowest BCUT2D eigenvalue weighted by atomic mass is 9.82. The molecule has 4 radical (unpaired) electrons. The molecule has 0 fully saturated rings. The first-order chi connectivity index (χ1) is 14.4. The van der Waals surface area contributed by atoms with Crippen LogP contribution < -0.4 is 5.32 Å². The summed E-state index contributed by atoms with van der Waals surface area (Å²) in [4.78, 5) is 16.8. The molecule has 0 aliphatic heterocycles. The number of nitrogens with one attached hydrogen (secondary N) is 1. The second kappa shape index (κ2) is 9.93. The molecule has 1 heterocycles. The molecular formula is C21H23FN2O3SSi2. The highest BCUT2D eigenvalue weighted by atomic mass is 32.1. The molecule has 3 rings (SSSR count). The quantitative estimate of drug-likeness (QED) is 0.376. The van der Waals surface area contributed by atoms with Crippen molar-refractivity contribution >= 4 is 52.7 Å². The van der Waals surface area contributed by atoms with Crippen LogP contribution in [0.25, 0.3) is 10.2 Å². The van der Waals surface area contributed by atoms with Crippen molar-refractivity contribution in [1.29, 1.82) is 0 Å². The van der Waals surface area contributed by atoms with Crippen LogP contribution in [0.15, 0.2) is 41.9 Å². The smallest absolute Gasteiger partial charge is 0.229 e. The van der Waals surface area contributed by atoms with Gasteiger partial charge >= 0.3 is 0 Å². The summed E-state index contributed by atoms with van der Waals surface area (Å²) < 4.78 is 27.9. The first-order valence-electron chi connectivity index (χ1n) is 9.42. The van der Waals surface area contributed by atoms with Crippen LogP contribution in [0.1, 0.15) is 25.0 Å². The SMILES string of the molecule is C[Si]OC(O[Si]C)C(C)(C)c1cccc(CC(=O)Nc2ccc3ncsc3c2)c1F. The molecule has 0 aliphatic rings. The lowest BCUT2D eigenvalue weighted by Gasteiger charge is -2.35. The summed E-state index contributed by atoms with van der Waals surface area (Å²) in [7, 11) is 0.450. The number of carbonyl (C=O) groups is 1. The van der Waals surface area contributed by atoms with E-state index < -0.39 is 17.5 Å². The predicted molar refractivity (Wildman–Crippen MR) is 121 cm³/mol. The van der Waals surface area contributed by atoms with Gasteiger partial charge in [-0.3, -0.25) is 4.79 Å². The summed E-state index contributed by atoms with van der Waals surface area (Å²) in [5.74, 6) is -0.673. The van der Waals surface area contributed by atoms with Crippen LogP contribution in [0, 0.1) is 5.82 Å². The van der Waals surface area contributed by atoms with Gasteiger partial charge in [-0.1, -0.05) is 32.0 Å². The van der Waals surface area contributed by atoms with Crippen LogP contribution in [0.5, 0.6) is 0 Å². The summed E-state index contributed by atoms with van der Waals surface area (Å²) in [5.41, 5.74) is 3.42. The van der Waals surface area contributed by atoms with Crippen molar-refractivity contribution in [3.63, 3.8) is 0 Å². The normalized spacial score (nSPS) is 11.9. The van der Waals surface area contributed by atoms with Crippen LogP contribution in [-0.2, 0) is 25.5 Å². The third kappa shape index (κ3) is 5.04. The first kappa shape index (κ1) is 22.8. The van der Waals surface area contributed by atoms with E-state index in [-0.39, 0.29) is 31.9 Å². The number of amides is 1. The third-order valence-electron chi connectivity index (χ3n) is 4.78. The Labute approximate surface area is 184 Å². The highest BCUT2D eigenvalue weighted by Crippen LogP contribution is 2.33. The van der Waals surface area contributed by atoms with Crippen molar-refractivity contribution in [2.24, 2.45) is 0 Å². The van der Waals surface area contributed by atoms with E-state index in [0.717, 1.165) is 10.2 Å². The Hall–Kier alpha value is -1.92. The van der Waals surface area contributed by atoms with E-state index in [4.69, 9.17) is 8.85 Å². The largest absolute Gasteiger partial charge is 0.393 e. The monoisotopic (exact) mass is 458 g/mol. The lowest BCUT2D eigenvalue weighted by molar-refractivity contribution is -0.115. The highest BCUT2D eigenvalue weighted by molar-refractivity contribution is 7.16. The minimum absolute atomic E-state index is 0.0616. The molecule has 0 saturated heterocycles. The molecule has 0 aliphatic carbocycles. The molecule has 0 bridgehead atoms. The van der Waals surface area contributed by atoms with Gasteiger partial charge < -0.3 is 14.2 Å².